The highest BCUT2D eigenvalue weighted by molar-refractivity contribution is 4.94. The van der Waals surface area contributed by atoms with Gasteiger partial charge in [-0.15, -0.1) is 0 Å². The number of halogens is 6. The molecule has 4 rings (SSSR count). The third kappa shape index (κ3) is 9.15. The highest BCUT2D eigenvalue weighted by atomic mass is 19.4. The average Bonchev–Trinajstić information content (AvgIpc) is 2.92. The SMILES string of the molecule is C[C@@H]1[C@@H](O)[C@H](O)[C@@H](O)CN1CC1CCC(C(F)(F)F)CC1.C[C@@H]1[C@@H](O)[C@H](O)[C@@H](O)CN1CC1CCC(C(F)(F)F)CC1. The summed E-state index contributed by atoms with van der Waals surface area (Å²) in [5.74, 6) is -2.07. The van der Waals surface area contributed by atoms with Crippen molar-refractivity contribution in [2.24, 2.45) is 23.7 Å². The van der Waals surface area contributed by atoms with Crippen molar-refractivity contribution < 1.29 is 57.0 Å². The van der Waals surface area contributed by atoms with Gasteiger partial charge in [0.2, 0.25) is 0 Å². The van der Waals surface area contributed by atoms with Crippen LogP contribution < -0.4 is 0 Å². The molecule has 0 amide bonds. The molecule has 248 valence electrons. The highest BCUT2D eigenvalue weighted by Crippen LogP contribution is 2.41. The number of hydrogen-bond donors (Lipinski definition) is 6. The Bertz CT molecular complexity index is 756. The van der Waals surface area contributed by atoms with Crippen molar-refractivity contribution in [1.29, 1.82) is 0 Å². The van der Waals surface area contributed by atoms with E-state index in [9.17, 15) is 57.0 Å². The largest absolute Gasteiger partial charge is 0.391 e. The summed E-state index contributed by atoms with van der Waals surface area (Å²) in [7, 11) is 0. The van der Waals surface area contributed by atoms with Crippen LogP contribution in [-0.4, -0.2) is 128 Å². The molecule has 2 saturated carbocycles. The smallest absolute Gasteiger partial charge is 0.389 e. The summed E-state index contributed by atoms with van der Waals surface area (Å²) in [5, 5.41) is 58.4. The van der Waals surface area contributed by atoms with Gasteiger partial charge in [-0.25, -0.2) is 0 Å². The van der Waals surface area contributed by atoms with Crippen LogP contribution in [-0.2, 0) is 0 Å². The summed E-state index contributed by atoms with van der Waals surface area (Å²) >= 11 is 0. The van der Waals surface area contributed by atoms with Gasteiger partial charge in [0.15, 0.2) is 0 Å². The fourth-order valence-electron chi connectivity index (χ4n) is 6.98. The van der Waals surface area contributed by atoms with Gasteiger partial charge in [0.1, 0.15) is 12.2 Å². The number of piperidine rings is 2. The number of aliphatic hydroxyl groups is 6. The summed E-state index contributed by atoms with van der Waals surface area (Å²) < 4.78 is 75.8. The predicted molar refractivity (Wildman–Crippen MR) is 141 cm³/mol. The van der Waals surface area contributed by atoms with Crippen molar-refractivity contribution >= 4 is 0 Å². The Morgan fingerprint density at radius 3 is 1.05 bits per heavy atom. The Morgan fingerprint density at radius 1 is 0.500 bits per heavy atom. The van der Waals surface area contributed by atoms with E-state index in [-0.39, 0.29) is 62.7 Å². The third-order valence-corrected chi connectivity index (χ3v) is 10.1. The molecule has 8 nitrogen and oxygen atoms in total. The van der Waals surface area contributed by atoms with Crippen LogP contribution in [0.25, 0.3) is 0 Å². The molecule has 2 aliphatic carbocycles. The number of rotatable bonds is 4. The number of β-amino-alcohol motifs (C(OH)–C–C–N with tert-alkyl or cyclic N) is 2. The first-order chi connectivity index (χ1) is 19.4. The minimum Gasteiger partial charge on any atom is -0.389 e. The second-order valence-corrected chi connectivity index (χ2v) is 13.0. The highest BCUT2D eigenvalue weighted by Gasteiger charge is 2.45. The predicted octanol–water partition coefficient (Wildman–Crippen LogP) is 2.28. The fraction of sp³-hybridized carbons (Fsp3) is 1.00. The maximum Gasteiger partial charge on any atom is 0.391 e. The summed E-state index contributed by atoms with van der Waals surface area (Å²) in [6, 6.07) is -0.604. The molecule has 4 aliphatic rings. The van der Waals surface area contributed by atoms with E-state index < -0.39 is 60.8 Å². The zero-order chi connectivity index (χ0) is 31.6. The van der Waals surface area contributed by atoms with Crippen LogP contribution in [0.15, 0.2) is 0 Å². The Morgan fingerprint density at radius 2 is 0.786 bits per heavy atom. The van der Waals surface area contributed by atoms with Gasteiger partial charge >= 0.3 is 12.4 Å². The zero-order valence-corrected chi connectivity index (χ0v) is 24.3. The molecular formula is C28H48F6N2O6. The normalized spacial score (nSPS) is 43.0. The van der Waals surface area contributed by atoms with Crippen LogP contribution >= 0.6 is 0 Å². The van der Waals surface area contributed by atoms with Crippen molar-refractivity contribution in [2.45, 2.75) is 126 Å². The first kappa shape index (κ1) is 35.7. The van der Waals surface area contributed by atoms with Gasteiger partial charge < -0.3 is 30.6 Å². The first-order valence-corrected chi connectivity index (χ1v) is 15.1. The Kier molecular flexibility index (Phi) is 12.4. The van der Waals surface area contributed by atoms with Crippen LogP contribution in [0, 0.1) is 23.7 Å². The molecule has 2 aliphatic heterocycles. The van der Waals surface area contributed by atoms with Crippen molar-refractivity contribution in [2.75, 3.05) is 26.2 Å². The van der Waals surface area contributed by atoms with Crippen molar-refractivity contribution in [1.82, 2.24) is 9.80 Å². The molecule has 14 heteroatoms. The quantitative estimate of drug-likeness (QED) is 0.264. The van der Waals surface area contributed by atoms with E-state index in [2.05, 4.69) is 0 Å². The molecule has 0 radical (unpaired) electrons. The number of aliphatic hydroxyl groups excluding tert-OH is 6. The number of alkyl halides is 6. The molecule has 0 bridgehead atoms. The molecule has 4 fully saturated rings. The monoisotopic (exact) mass is 622 g/mol. The minimum absolute atomic E-state index is 0.153. The third-order valence-electron chi connectivity index (χ3n) is 10.1. The first-order valence-electron chi connectivity index (χ1n) is 15.1. The molecule has 0 aromatic heterocycles. The number of nitrogens with zero attached hydrogens (tertiary/aromatic N) is 2. The molecular weight excluding hydrogens is 574 g/mol. The van der Waals surface area contributed by atoms with Crippen LogP contribution in [0.3, 0.4) is 0 Å². The second kappa shape index (κ2) is 14.6. The lowest BCUT2D eigenvalue weighted by Crippen LogP contribution is -2.61. The fourth-order valence-corrected chi connectivity index (χ4v) is 6.98. The lowest BCUT2D eigenvalue weighted by Gasteiger charge is -2.44. The van der Waals surface area contributed by atoms with Crippen LogP contribution in [0.1, 0.15) is 65.2 Å². The lowest BCUT2D eigenvalue weighted by molar-refractivity contribution is -0.185. The van der Waals surface area contributed by atoms with Gasteiger partial charge in [-0.3, -0.25) is 9.80 Å². The van der Waals surface area contributed by atoms with E-state index in [1.807, 2.05) is 9.80 Å². The average molecular weight is 623 g/mol. The van der Waals surface area contributed by atoms with Gasteiger partial charge in [-0.1, -0.05) is 0 Å². The van der Waals surface area contributed by atoms with Crippen molar-refractivity contribution in [3.05, 3.63) is 0 Å². The molecule has 0 aromatic carbocycles. The van der Waals surface area contributed by atoms with E-state index in [0.29, 0.717) is 38.8 Å². The maximum absolute atomic E-state index is 12.6. The van der Waals surface area contributed by atoms with E-state index in [4.69, 9.17) is 0 Å². The molecule has 2 heterocycles. The molecule has 8 atom stereocenters. The van der Waals surface area contributed by atoms with Crippen LogP contribution in [0.2, 0.25) is 0 Å². The second-order valence-electron chi connectivity index (χ2n) is 13.0. The van der Waals surface area contributed by atoms with E-state index in [0.717, 1.165) is 0 Å². The molecule has 42 heavy (non-hydrogen) atoms. The van der Waals surface area contributed by atoms with Gasteiger partial charge in [0, 0.05) is 38.3 Å². The summed E-state index contributed by atoms with van der Waals surface area (Å²) in [4.78, 5) is 3.75. The van der Waals surface area contributed by atoms with E-state index in [1.165, 1.54) is 0 Å². The maximum atomic E-state index is 12.6. The van der Waals surface area contributed by atoms with E-state index >= 15 is 0 Å². The van der Waals surface area contributed by atoms with Gasteiger partial charge in [0.05, 0.1) is 36.3 Å². The zero-order valence-electron chi connectivity index (χ0n) is 24.3. The lowest BCUT2D eigenvalue weighted by atomic mass is 9.80. The van der Waals surface area contributed by atoms with Crippen LogP contribution in [0.4, 0.5) is 26.3 Å². The standard InChI is InChI=1S/2C14H24F3NO3/c2*1-8-12(20)13(21)11(19)7-18(8)6-9-2-4-10(5-3-9)14(15,16)17/h2*8-13,19-21H,2-7H2,1H3/t2*8-,9?,10?,11+,12-,13-/m11/s1. The molecule has 0 unspecified atom stereocenters. The van der Waals surface area contributed by atoms with Gasteiger partial charge in [-0.05, 0) is 77.0 Å². The molecule has 6 N–H and O–H groups in total. The Labute approximate surface area is 243 Å². The Balaban J connectivity index is 0.000000230. The molecule has 0 aromatic rings. The summed E-state index contributed by atoms with van der Waals surface area (Å²) in [5.41, 5.74) is 0. The van der Waals surface area contributed by atoms with Gasteiger partial charge in [0.25, 0.3) is 0 Å². The number of hydrogen-bond acceptors (Lipinski definition) is 8. The minimum atomic E-state index is -4.10. The summed E-state index contributed by atoms with van der Waals surface area (Å²) in [6.45, 7) is 5.15. The summed E-state index contributed by atoms with van der Waals surface area (Å²) in [6.07, 6.45) is -11.9. The number of likely N-dealkylation sites (tertiary alicyclic amines) is 2. The van der Waals surface area contributed by atoms with Gasteiger partial charge in [-0.2, -0.15) is 26.3 Å². The van der Waals surface area contributed by atoms with Crippen molar-refractivity contribution in [3.63, 3.8) is 0 Å². The van der Waals surface area contributed by atoms with E-state index in [1.54, 1.807) is 13.8 Å². The van der Waals surface area contributed by atoms with Crippen LogP contribution in [0.5, 0.6) is 0 Å². The molecule has 2 saturated heterocycles. The Hall–Kier alpha value is -0.740. The topological polar surface area (TPSA) is 128 Å². The van der Waals surface area contributed by atoms with Crippen molar-refractivity contribution in [3.8, 4) is 0 Å². The molecule has 0 spiro atoms.